The molecule has 0 fully saturated rings. The third kappa shape index (κ3) is 2.85. The molecule has 2 heterocycles. The molecule has 0 saturated carbocycles. The molecule has 0 radical (unpaired) electrons. The molecule has 0 N–H and O–H groups in total. The van der Waals surface area contributed by atoms with Crippen molar-refractivity contribution < 1.29 is 14.3 Å². The van der Waals surface area contributed by atoms with Gasteiger partial charge in [-0.1, -0.05) is 0 Å². The molecule has 1 aliphatic heterocycles. The summed E-state index contributed by atoms with van der Waals surface area (Å²) in [5.41, 5.74) is 1.19. The third-order valence-corrected chi connectivity index (χ3v) is 3.36. The van der Waals surface area contributed by atoms with Crippen LogP contribution < -0.4 is 9.47 Å². The summed E-state index contributed by atoms with van der Waals surface area (Å²) < 4.78 is 12.8. The highest BCUT2D eigenvalue weighted by Crippen LogP contribution is 2.28. The van der Waals surface area contributed by atoms with Gasteiger partial charge < -0.3 is 9.47 Å². The summed E-state index contributed by atoms with van der Waals surface area (Å²) in [7, 11) is 0. The number of aromatic nitrogens is 1. The molecule has 0 amide bonds. The highest BCUT2D eigenvalue weighted by atomic mass is 16.5. The van der Waals surface area contributed by atoms with E-state index >= 15 is 0 Å². The predicted molar refractivity (Wildman–Crippen MR) is 75.4 cm³/mol. The minimum atomic E-state index is 0.0382. The van der Waals surface area contributed by atoms with Gasteiger partial charge in [0, 0.05) is 12.4 Å². The number of fused-ring (bicyclic) bond motifs is 1. The molecule has 1 aromatic carbocycles. The second kappa shape index (κ2) is 5.82. The van der Waals surface area contributed by atoms with Crippen LogP contribution in [0.25, 0.3) is 0 Å². The number of aryl methyl sites for hydroxylation is 1. The quantitative estimate of drug-likeness (QED) is 0.858. The number of nitrogens with zero attached hydrogens (tertiary/aromatic N) is 1. The van der Waals surface area contributed by atoms with Gasteiger partial charge in [-0.15, -0.1) is 0 Å². The van der Waals surface area contributed by atoms with Gasteiger partial charge in [-0.2, -0.15) is 0 Å². The monoisotopic (exact) mass is 271 g/mol. The van der Waals surface area contributed by atoms with E-state index in [1.165, 1.54) is 5.56 Å². The van der Waals surface area contributed by atoms with Gasteiger partial charge in [0.2, 0.25) is 5.91 Å². The molecule has 0 saturated heterocycles. The maximum Gasteiger partial charge on any atom is 0.233 e. The number of hydrogen-bond acceptors (Lipinski definition) is 3. The smallest absolute Gasteiger partial charge is 0.233 e. The van der Waals surface area contributed by atoms with Gasteiger partial charge in [-0.3, -0.25) is 9.36 Å². The Morgan fingerprint density at radius 3 is 3.00 bits per heavy atom. The zero-order valence-electron chi connectivity index (χ0n) is 11.2. The van der Waals surface area contributed by atoms with Gasteiger partial charge in [-0.05, 0) is 48.7 Å². The fraction of sp³-hybridized carbons (Fsp3) is 0.312. The maximum absolute atomic E-state index is 11.8. The summed E-state index contributed by atoms with van der Waals surface area (Å²) in [6.07, 6.45) is 5.93. The van der Waals surface area contributed by atoms with Gasteiger partial charge in [0.15, 0.2) is 0 Å². The van der Waals surface area contributed by atoms with Crippen LogP contribution in [0.1, 0.15) is 23.2 Å². The molecular weight excluding hydrogens is 254 g/mol. The Morgan fingerprint density at radius 1 is 1.30 bits per heavy atom. The van der Waals surface area contributed by atoms with Crippen molar-refractivity contribution in [2.45, 2.75) is 19.3 Å². The van der Waals surface area contributed by atoms with Gasteiger partial charge in [0.05, 0.1) is 19.6 Å². The summed E-state index contributed by atoms with van der Waals surface area (Å²) in [6.45, 7) is 1.18. The largest absolute Gasteiger partial charge is 0.493 e. The Hall–Kier alpha value is -2.23. The highest BCUT2D eigenvalue weighted by molar-refractivity contribution is 5.78. The predicted octanol–water partition coefficient (Wildman–Crippen LogP) is 2.92. The second-order valence-corrected chi connectivity index (χ2v) is 4.80. The number of hydrogen-bond donors (Lipinski definition) is 0. The lowest BCUT2D eigenvalue weighted by Gasteiger charge is -2.18. The molecule has 2 aromatic rings. The fourth-order valence-corrected chi connectivity index (χ4v) is 2.31. The van der Waals surface area contributed by atoms with Crippen molar-refractivity contribution in [1.29, 1.82) is 0 Å². The van der Waals surface area contributed by atoms with Crippen molar-refractivity contribution >= 4 is 5.91 Å². The van der Waals surface area contributed by atoms with E-state index in [9.17, 15) is 4.79 Å². The SMILES string of the molecule is O=C(CCOc1ccc2c(c1)CCCO2)n1cccc1. The standard InChI is InChI=1S/C16H17NO3/c18-16(17-8-1-2-9-17)7-11-19-14-5-6-15-13(12-14)4-3-10-20-15/h1-2,5-6,8-9,12H,3-4,7,10-11H2. The molecule has 3 rings (SSSR count). The zero-order chi connectivity index (χ0) is 13.8. The van der Waals surface area contributed by atoms with Crippen molar-refractivity contribution in [2.24, 2.45) is 0 Å². The van der Waals surface area contributed by atoms with E-state index < -0.39 is 0 Å². The van der Waals surface area contributed by atoms with E-state index in [1.54, 1.807) is 17.0 Å². The van der Waals surface area contributed by atoms with E-state index in [1.807, 2.05) is 30.3 Å². The van der Waals surface area contributed by atoms with Gasteiger partial charge >= 0.3 is 0 Å². The fourth-order valence-electron chi connectivity index (χ4n) is 2.31. The summed E-state index contributed by atoms with van der Waals surface area (Å²) >= 11 is 0. The van der Waals surface area contributed by atoms with E-state index in [2.05, 4.69) is 0 Å². The van der Waals surface area contributed by atoms with Crippen LogP contribution in [-0.2, 0) is 6.42 Å². The van der Waals surface area contributed by atoms with Crippen molar-refractivity contribution in [3.8, 4) is 11.5 Å². The van der Waals surface area contributed by atoms with Gasteiger partial charge in [0.25, 0.3) is 0 Å². The summed E-state index contributed by atoms with van der Waals surface area (Å²) in [4.78, 5) is 11.8. The molecule has 0 atom stereocenters. The van der Waals surface area contributed by atoms with Crippen LogP contribution in [0.3, 0.4) is 0 Å². The lowest BCUT2D eigenvalue weighted by molar-refractivity contribution is 0.0881. The third-order valence-electron chi connectivity index (χ3n) is 3.36. The Labute approximate surface area is 117 Å². The first-order valence-electron chi connectivity index (χ1n) is 6.87. The molecule has 0 aliphatic carbocycles. The Morgan fingerprint density at radius 2 is 2.15 bits per heavy atom. The number of carbonyl (C=O) groups is 1. The van der Waals surface area contributed by atoms with Gasteiger partial charge in [-0.25, -0.2) is 0 Å². The minimum absolute atomic E-state index is 0.0382. The number of benzene rings is 1. The molecule has 0 unspecified atom stereocenters. The van der Waals surface area contributed by atoms with Crippen LogP contribution in [0.2, 0.25) is 0 Å². The molecule has 4 heteroatoms. The number of ether oxygens (including phenoxy) is 2. The highest BCUT2D eigenvalue weighted by Gasteiger charge is 2.11. The Balaban J connectivity index is 1.55. The molecule has 20 heavy (non-hydrogen) atoms. The first-order chi connectivity index (χ1) is 9.83. The van der Waals surface area contributed by atoms with Crippen LogP contribution in [0, 0.1) is 0 Å². The van der Waals surface area contributed by atoms with Crippen molar-refractivity contribution in [3.05, 3.63) is 48.3 Å². The average Bonchev–Trinajstić information content (AvgIpc) is 3.01. The molecule has 1 aromatic heterocycles. The summed E-state index contributed by atoms with van der Waals surface area (Å²) in [6, 6.07) is 9.51. The van der Waals surface area contributed by atoms with Crippen LogP contribution in [0.4, 0.5) is 0 Å². The van der Waals surface area contributed by atoms with Crippen LogP contribution in [0.15, 0.2) is 42.7 Å². The maximum atomic E-state index is 11.8. The molecular formula is C16H17NO3. The molecule has 0 bridgehead atoms. The minimum Gasteiger partial charge on any atom is -0.493 e. The summed E-state index contributed by atoms with van der Waals surface area (Å²) in [5.74, 6) is 1.79. The molecule has 1 aliphatic rings. The lowest BCUT2D eigenvalue weighted by Crippen LogP contribution is -2.13. The number of rotatable bonds is 4. The van der Waals surface area contributed by atoms with Gasteiger partial charge in [0.1, 0.15) is 11.5 Å². The first kappa shape index (κ1) is 12.8. The summed E-state index contributed by atoms with van der Waals surface area (Å²) in [5, 5.41) is 0. The van der Waals surface area contributed by atoms with Crippen LogP contribution in [-0.4, -0.2) is 23.7 Å². The topological polar surface area (TPSA) is 40.5 Å². The Kier molecular flexibility index (Phi) is 3.72. The second-order valence-electron chi connectivity index (χ2n) is 4.80. The zero-order valence-corrected chi connectivity index (χ0v) is 11.2. The normalized spacial score (nSPS) is 13.4. The van der Waals surface area contributed by atoms with E-state index in [0.29, 0.717) is 13.0 Å². The van der Waals surface area contributed by atoms with Crippen LogP contribution in [0.5, 0.6) is 11.5 Å². The van der Waals surface area contributed by atoms with E-state index in [4.69, 9.17) is 9.47 Å². The molecule has 0 spiro atoms. The lowest BCUT2D eigenvalue weighted by atomic mass is 10.1. The van der Waals surface area contributed by atoms with Crippen molar-refractivity contribution in [3.63, 3.8) is 0 Å². The van der Waals surface area contributed by atoms with E-state index in [-0.39, 0.29) is 5.91 Å². The van der Waals surface area contributed by atoms with Crippen molar-refractivity contribution in [2.75, 3.05) is 13.2 Å². The van der Waals surface area contributed by atoms with Crippen molar-refractivity contribution in [1.82, 2.24) is 4.57 Å². The first-order valence-corrected chi connectivity index (χ1v) is 6.87. The molecule has 104 valence electrons. The molecule has 4 nitrogen and oxygen atoms in total. The Bertz CT molecular complexity index is 590. The van der Waals surface area contributed by atoms with Crippen LogP contribution >= 0.6 is 0 Å². The number of carbonyl (C=O) groups excluding carboxylic acids is 1. The average molecular weight is 271 g/mol. The van der Waals surface area contributed by atoms with E-state index in [0.717, 1.165) is 30.9 Å².